The Bertz CT molecular complexity index is 868. The highest BCUT2D eigenvalue weighted by atomic mass is 79.9. The van der Waals surface area contributed by atoms with Crippen LogP contribution in [0.25, 0.3) is 22.7 Å². The number of nitro groups is 1. The molecule has 0 aliphatic carbocycles. The van der Waals surface area contributed by atoms with Crippen LogP contribution in [-0.4, -0.2) is 20.0 Å². The molecule has 2 heterocycles. The highest BCUT2D eigenvalue weighted by Gasteiger charge is 2.16. The third-order valence-electron chi connectivity index (χ3n) is 2.74. The average molecular weight is 364 g/mol. The van der Waals surface area contributed by atoms with Crippen molar-refractivity contribution in [3.05, 3.63) is 57.2 Å². The summed E-state index contributed by atoms with van der Waals surface area (Å²) in [6.07, 6.45) is 4.08. The zero-order valence-corrected chi connectivity index (χ0v) is 12.2. The van der Waals surface area contributed by atoms with Gasteiger partial charge in [-0.05, 0) is 22.0 Å². The second kappa shape index (κ2) is 5.60. The van der Waals surface area contributed by atoms with Crippen LogP contribution in [0.3, 0.4) is 0 Å². The predicted molar refractivity (Wildman–Crippen MR) is 76.1 cm³/mol. The molecule has 0 bridgehead atoms. The topological polar surface area (TPSA) is 95.0 Å². The zero-order valence-electron chi connectivity index (χ0n) is 10.7. The van der Waals surface area contributed by atoms with E-state index in [0.717, 1.165) is 6.07 Å². The molecule has 1 aromatic carbocycles. The lowest BCUT2D eigenvalue weighted by molar-refractivity contribution is -0.385. The molecule has 0 spiro atoms. The molecule has 0 saturated carbocycles. The Balaban J connectivity index is 1.99. The number of halogens is 2. The SMILES string of the molecule is O=[N+]([O-])c1ccc(-c2cc(-c3[c]ncc(Br)n3)on2)c(F)c1. The standard InChI is InChI=1S/C13H5BrFN4O3/c14-13-6-16-5-11(17-13)12-4-10(18-22-12)8-2-1-7(19(20)21)3-9(8)15/h1-4,6H. The van der Waals surface area contributed by atoms with Gasteiger partial charge in [-0.15, -0.1) is 0 Å². The van der Waals surface area contributed by atoms with Gasteiger partial charge >= 0.3 is 0 Å². The smallest absolute Gasteiger partial charge is 0.272 e. The van der Waals surface area contributed by atoms with Crippen LogP contribution in [0.1, 0.15) is 0 Å². The molecule has 7 nitrogen and oxygen atoms in total. The second-order valence-electron chi connectivity index (χ2n) is 4.15. The van der Waals surface area contributed by atoms with Crippen molar-refractivity contribution in [1.29, 1.82) is 0 Å². The van der Waals surface area contributed by atoms with Gasteiger partial charge in [-0.1, -0.05) is 5.16 Å². The Labute approximate surface area is 131 Å². The van der Waals surface area contributed by atoms with Crippen LogP contribution in [-0.2, 0) is 0 Å². The average Bonchev–Trinajstić information content (AvgIpc) is 2.96. The molecule has 0 saturated heterocycles. The van der Waals surface area contributed by atoms with Crippen molar-refractivity contribution in [3.63, 3.8) is 0 Å². The van der Waals surface area contributed by atoms with Crippen LogP contribution in [0.15, 0.2) is 39.6 Å². The fourth-order valence-corrected chi connectivity index (χ4v) is 2.04. The first-order valence-electron chi connectivity index (χ1n) is 5.86. The van der Waals surface area contributed by atoms with Gasteiger partial charge in [-0.2, -0.15) is 0 Å². The highest BCUT2D eigenvalue weighted by molar-refractivity contribution is 9.10. The minimum Gasteiger partial charge on any atom is -0.354 e. The molecule has 2 aromatic heterocycles. The summed E-state index contributed by atoms with van der Waals surface area (Å²) < 4.78 is 19.5. The monoisotopic (exact) mass is 363 g/mol. The molecule has 0 unspecified atom stereocenters. The van der Waals surface area contributed by atoms with Gasteiger partial charge in [-0.25, -0.2) is 14.4 Å². The second-order valence-corrected chi connectivity index (χ2v) is 4.96. The van der Waals surface area contributed by atoms with E-state index in [-0.39, 0.29) is 22.7 Å². The number of rotatable bonds is 3. The Morgan fingerprint density at radius 3 is 2.86 bits per heavy atom. The number of aromatic nitrogens is 3. The first-order chi connectivity index (χ1) is 10.5. The van der Waals surface area contributed by atoms with E-state index in [1.165, 1.54) is 24.4 Å². The van der Waals surface area contributed by atoms with Crippen LogP contribution in [0, 0.1) is 22.1 Å². The van der Waals surface area contributed by atoms with Crippen LogP contribution in [0.2, 0.25) is 0 Å². The largest absolute Gasteiger partial charge is 0.354 e. The molecule has 9 heteroatoms. The molecule has 0 N–H and O–H groups in total. The first kappa shape index (κ1) is 14.3. The lowest BCUT2D eigenvalue weighted by Gasteiger charge is -1.97. The van der Waals surface area contributed by atoms with Crippen molar-refractivity contribution in [3.8, 4) is 22.7 Å². The van der Waals surface area contributed by atoms with Gasteiger partial charge in [0.25, 0.3) is 5.69 Å². The van der Waals surface area contributed by atoms with E-state index in [1.54, 1.807) is 0 Å². The van der Waals surface area contributed by atoms with Crippen molar-refractivity contribution in [1.82, 2.24) is 15.1 Å². The lowest BCUT2D eigenvalue weighted by atomic mass is 10.1. The van der Waals surface area contributed by atoms with E-state index in [1.807, 2.05) is 0 Å². The quantitative estimate of drug-likeness (QED) is 0.522. The van der Waals surface area contributed by atoms with E-state index in [2.05, 4.69) is 37.3 Å². The van der Waals surface area contributed by atoms with Gasteiger partial charge in [-0.3, -0.25) is 10.1 Å². The minimum absolute atomic E-state index is 0.0866. The maximum atomic E-state index is 13.9. The molecule has 3 rings (SSSR count). The molecule has 0 amide bonds. The lowest BCUT2D eigenvalue weighted by Crippen LogP contribution is -1.91. The summed E-state index contributed by atoms with van der Waals surface area (Å²) >= 11 is 3.16. The van der Waals surface area contributed by atoms with Crippen molar-refractivity contribution in [2.24, 2.45) is 0 Å². The van der Waals surface area contributed by atoms with Crippen molar-refractivity contribution >= 4 is 21.6 Å². The van der Waals surface area contributed by atoms with Crippen LogP contribution >= 0.6 is 15.9 Å². The minimum atomic E-state index is -0.765. The number of non-ortho nitro benzene ring substituents is 1. The Hall–Kier alpha value is -2.68. The molecule has 0 aliphatic rings. The van der Waals surface area contributed by atoms with Crippen LogP contribution in [0.4, 0.5) is 10.1 Å². The maximum Gasteiger partial charge on any atom is 0.272 e. The summed E-state index contributed by atoms with van der Waals surface area (Å²) in [5, 5.41) is 14.3. The normalized spacial score (nSPS) is 10.6. The maximum absolute atomic E-state index is 13.9. The summed E-state index contributed by atoms with van der Waals surface area (Å²) in [4.78, 5) is 17.8. The summed E-state index contributed by atoms with van der Waals surface area (Å²) in [6.45, 7) is 0. The van der Waals surface area contributed by atoms with E-state index in [9.17, 15) is 14.5 Å². The number of nitrogens with zero attached hydrogens (tertiary/aromatic N) is 4. The Kier molecular flexibility index (Phi) is 3.63. The van der Waals surface area contributed by atoms with Crippen molar-refractivity contribution < 1.29 is 13.8 Å². The van der Waals surface area contributed by atoms with Gasteiger partial charge < -0.3 is 4.52 Å². The molecule has 22 heavy (non-hydrogen) atoms. The summed E-state index contributed by atoms with van der Waals surface area (Å²) in [5.41, 5.74) is 0.243. The van der Waals surface area contributed by atoms with E-state index >= 15 is 0 Å². The van der Waals surface area contributed by atoms with Gasteiger partial charge in [0.05, 0.1) is 17.2 Å². The molecule has 0 aliphatic heterocycles. The molecule has 109 valence electrons. The van der Waals surface area contributed by atoms with E-state index in [4.69, 9.17) is 4.52 Å². The third-order valence-corrected chi connectivity index (χ3v) is 3.13. The zero-order chi connectivity index (χ0) is 15.7. The molecule has 0 atom stereocenters. The molecular weight excluding hydrogens is 359 g/mol. The third kappa shape index (κ3) is 2.70. The summed E-state index contributed by atoms with van der Waals surface area (Å²) in [7, 11) is 0. The molecule has 1 radical (unpaired) electrons. The van der Waals surface area contributed by atoms with Gasteiger partial charge in [0, 0.05) is 17.7 Å². The van der Waals surface area contributed by atoms with E-state index in [0.29, 0.717) is 10.3 Å². The van der Waals surface area contributed by atoms with Crippen LogP contribution < -0.4 is 0 Å². The van der Waals surface area contributed by atoms with Gasteiger partial charge in [0.2, 0.25) is 0 Å². The number of hydrogen-bond acceptors (Lipinski definition) is 6. The fourth-order valence-electron chi connectivity index (χ4n) is 1.76. The van der Waals surface area contributed by atoms with Crippen molar-refractivity contribution in [2.45, 2.75) is 0 Å². The highest BCUT2D eigenvalue weighted by Crippen LogP contribution is 2.28. The Morgan fingerprint density at radius 2 is 2.18 bits per heavy atom. The number of nitro benzene ring substituents is 1. The van der Waals surface area contributed by atoms with Crippen LogP contribution in [0.5, 0.6) is 0 Å². The van der Waals surface area contributed by atoms with Gasteiger partial charge in [0.1, 0.15) is 28.0 Å². The van der Waals surface area contributed by atoms with Gasteiger partial charge in [0.15, 0.2) is 5.76 Å². The predicted octanol–water partition coefficient (Wildman–Crippen LogP) is 3.41. The molecular formula is C13H5BrFN4O3. The Morgan fingerprint density at radius 1 is 1.36 bits per heavy atom. The fraction of sp³-hybridized carbons (Fsp3) is 0. The summed E-state index contributed by atoms with van der Waals surface area (Å²) in [6, 6.07) is 4.75. The number of hydrogen-bond donors (Lipinski definition) is 0. The number of benzene rings is 1. The van der Waals surface area contributed by atoms with E-state index < -0.39 is 10.7 Å². The molecule has 0 fully saturated rings. The molecule has 3 aromatic rings. The first-order valence-corrected chi connectivity index (χ1v) is 6.65. The van der Waals surface area contributed by atoms with Crippen molar-refractivity contribution in [2.75, 3.05) is 0 Å². The summed E-state index contributed by atoms with van der Waals surface area (Å²) in [5.74, 6) is -0.514.